The lowest BCUT2D eigenvalue weighted by atomic mass is 10.1. The Morgan fingerprint density at radius 2 is 2.21 bits per heavy atom. The predicted molar refractivity (Wildman–Crippen MR) is 104 cm³/mol. The van der Waals surface area contributed by atoms with Crippen LogP contribution in [0, 0.1) is 0 Å². The normalized spacial score (nSPS) is 24.7. The Morgan fingerprint density at radius 1 is 1.33 bits per heavy atom. The molecule has 0 saturated carbocycles. The zero-order valence-electron chi connectivity index (χ0n) is 14.3. The number of halogens is 1. The van der Waals surface area contributed by atoms with E-state index < -0.39 is 0 Å². The molecule has 7 heteroatoms. The van der Waals surface area contributed by atoms with Gasteiger partial charge in [0.1, 0.15) is 11.9 Å². The Morgan fingerprint density at radius 3 is 2.92 bits per heavy atom. The Balaban J connectivity index is 0.00000208. The van der Waals surface area contributed by atoms with Gasteiger partial charge in [-0.25, -0.2) is 0 Å². The van der Waals surface area contributed by atoms with E-state index in [1.807, 2.05) is 12.1 Å². The molecule has 0 aliphatic carbocycles. The van der Waals surface area contributed by atoms with Crippen LogP contribution in [0.5, 0.6) is 0 Å². The maximum absolute atomic E-state index is 5.92. The molecule has 0 aromatic carbocycles. The van der Waals surface area contributed by atoms with Crippen LogP contribution in [0.2, 0.25) is 0 Å². The minimum atomic E-state index is 0. The van der Waals surface area contributed by atoms with E-state index >= 15 is 0 Å². The van der Waals surface area contributed by atoms with Crippen molar-refractivity contribution in [2.45, 2.75) is 38.4 Å². The van der Waals surface area contributed by atoms with Crippen LogP contribution in [0.15, 0.2) is 27.8 Å². The van der Waals surface area contributed by atoms with Gasteiger partial charge in [0, 0.05) is 39.2 Å². The molecular weight excluding hydrogens is 421 g/mol. The minimum Gasteiger partial charge on any atom is -0.469 e. The maximum Gasteiger partial charge on any atom is 0.194 e. The summed E-state index contributed by atoms with van der Waals surface area (Å²) in [6.45, 7) is 6.99. The predicted octanol–water partition coefficient (Wildman–Crippen LogP) is 2.29. The molecule has 1 aromatic rings. The summed E-state index contributed by atoms with van der Waals surface area (Å²) in [5, 5.41) is 3.39. The van der Waals surface area contributed by atoms with Crippen LogP contribution in [0.25, 0.3) is 0 Å². The Hall–Kier alpha value is -0.800. The van der Waals surface area contributed by atoms with Crippen molar-refractivity contribution in [2.24, 2.45) is 4.99 Å². The molecule has 24 heavy (non-hydrogen) atoms. The van der Waals surface area contributed by atoms with E-state index in [0.717, 1.165) is 70.4 Å². The average Bonchev–Trinajstić information content (AvgIpc) is 3.28. The second kappa shape index (κ2) is 10.2. The second-order valence-electron chi connectivity index (χ2n) is 5.97. The van der Waals surface area contributed by atoms with Gasteiger partial charge in [-0.2, -0.15) is 0 Å². The molecule has 2 aliphatic heterocycles. The van der Waals surface area contributed by atoms with E-state index in [-0.39, 0.29) is 36.2 Å². The number of nitrogens with zero attached hydrogens (tertiary/aromatic N) is 2. The number of aliphatic imine (C=N–C) groups is 1. The van der Waals surface area contributed by atoms with Crippen molar-refractivity contribution in [3.8, 4) is 0 Å². The molecule has 0 radical (unpaired) electrons. The molecule has 2 unspecified atom stereocenters. The van der Waals surface area contributed by atoms with Crippen molar-refractivity contribution < 1.29 is 13.9 Å². The van der Waals surface area contributed by atoms with Gasteiger partial charge in [0.25, 0.3) is 0 Å². The number of nitrogens with one attached hydrogen (secondary N) is 1. The summed E-state index contributed by atoms with van der Waals surface area (Å²) >= 11 is 0. The first-order chi connectivity index (χ1) is 11.4. The van der Waals surface area contributed by atoms with Crippen molar-refractivity contribution in [3.05, 3.63) is 24.2 Å². The fourth-order valence-corrected chi connectivity index (χ4v) is 3.14. The summed E-state index contributed by atoms with van der Waals surface area (Å²) < 4.78 is 17.1. The third-order valence-electron chi connectivity index (χ3n) is 4.31. The van der Waals surface area contributed by atoms with E-state index in [4.69, 9.17) is 18.9 Å². The largest absolute Gasteiger partial charge is 0.469 e. The van der Waals surface area contributed by atoms with E-state index in [2.05, 4.69) is 17.1 Å². The highest BCUT2D eigenvalue weighted by Crippen LogP contribution is 2.21. The molecule has 2 atom stereocenters. The number of ether oxygens (including phenoxy) is 2. The summed E-state index contributed by atoms with van der Waals surface area (Å²) in [6.07, 6.45) is 5.16. The molecule has 2 fully saturated rings. The van der Waals surface area contributed by atoms with Crippen LogP contribution in [0.4, 0.5) is 0 Å². The van der Waals surface area contributed by atoms with Crippen LogP contribution in [-0.2, 0) is 15.9 Å². The van der Waals surface area contributed by atoms with Gasteiger partial charge in [0.2, 0.25) is 0 Å². The molecule has 3 heterocycles. The summed E-state index contributed by atoms with van der Waals surface area (Å²) in [5.41, 5.74) is 0. The van der Waals surface area contributed by atoms with Gasteiger partial charge in [-0.1, -0.05) is 0 Å². The zero-order chi connectivity index (χ0) is 15.9. The molecule has 2 saturated heterocycles. The summed E-state index contributed by atoms with van der Waals surface area (Å²) in [6, 6.07) is 3.91. The van der Waals surface area contributed by atoms with Crippen molar-refractivity contribution in [1.29, 1.82) is 0 Å². The van der Waals surface area contributed by atoms with Crippen molar-refractivity contribution >= 4 is 29.9 Å². The van der Waals surface area contributed by atoms with Crippen LogP contribution in [0.3, 0.4) is 0 Å². The summed E-state index contributed by atoms with van der Waals surface area (Å²) in [5.74, 6) is 1.94. The van der Waals surface area contributed by atoms with E-state index in [0.29, 0.717) is 0 Å². The van der Waals surface area contributed by atoms with Gasteiger partial charge in [-0.05, 0) is 31.9 Å². The van der Waals surface area contributed by atoms with E-state index in [1.165, 1.54) is 0 Å². The van der Waals surface area contributed by atoms with Gasteiger partial charge >= 0.3 is 0 Å². The number of hydrogen-bond acceptors (Lipinski definition) is 4. The summed E-state index contributed by atoms with van der Waals surface area (Å²) in [7, 11) is 0. The molecule has 1 aromatic heterocycles. The molecule has 6 nitrogen and oxygen atoms in total. The monoisotopic (exact) mass is 449 g/mol. The fourth-order valence-electron chi connectivity index (χ4n) is 3.14. The van der Waals surface area contributed by atoms with E-state index in [1.54, 1.807) is 6.26 Å². The molecule has 0 spiro atoms. The molecule has 0 bridgehead atoms. The lowest BCUT2D eigenvalue weighted by Gasteiger charge is -2.37. The van der Waals surface area contributed by atoms with Gasteiger partial charge < -0.3 is 24.1 Å². The number of hydrogen-bond donors (Lipinski definition) is 1. The minimum absolute atomic E-state index is 0. The smallest absolute Gasteiger partial charge is 0.194 e. The third kappa shape index (κ3) is 5.35. The Labute approximate surface area is 161 Å². The lowest BCUT2D eigenvalue weighted by molar-refractivity contribution is -0.0817. The van der Waals surface area contributed by atoms with Gasteiger partial charge in [0.05, 0.1) is 19.0 Å². The lowest BCUT2D eigenvalue weighted by Crippen LogP contribution is -2.53. The topological polar surface area (TPSA) is 59.2 Å². The molecule has 2 aliphatic rings. The first-order valence-corrected chi connectivity index (χ1v) is 8.65. The SMILES string of the molecule is CCNC(=NCCc1ccco1)N1CCOC(C2CCCO2)C1.I. The van der Waals surface area contributed by atoms with Crippen LogP contribution in [-0.4, -0.2) is 62.5 Å². The maximum atomic E-state index is 5.92. The van der Waals surface area contributed by atoms with Crippen molar-refractivity contribution in [1.82, 2.24) is 10.2 Å². The fraction of sp³-hybridized carbons (Fsp3) is 0.706. The number of rotatable bonds is 5. The number of furan rings is 1. The molecule has 1 N–H and O–H groups in total. The first-order valence-electron chi connectivity index (χ1n) is 8.65. The van der Waals surface area contributed by atoms with Gasteiger partial charge in [-0.15, -0.1) is 24.0 Å². The van der Waals surface area contributed by atoms with Crippen LogP contribution >= 0.6 is 24.0 Å². The van der Waals surface area contributed by atoms with Crippen LogP contribution < -0.4 is 5.32 Å². The Kier molecular flexibility index (Phi) is 8.34. The highest BCUT2D eigenvalue weighted by molar-refractivity contribution is 14.0. The molecule has 3 rings (SSSR count). The van der Waals surface area contributed by atoms with E-state index in [9.17, 15) is 0 Å². The molecular formula is C17H28IN3O3. The second-order valence-corrected chi connectivity index (χ2v) is 5.97. The third-order valence-corrected chi connectivity index (χ3v) is 4.31. The number of guanidine groups is 1. The standard InChI is InChI=1S/C17H27N3O3.HI/c1-2-18-17(19-8-7-14-5-3-10-21-14)20-9-12-23-16(13-20)15-6-4-11-22-15;/h3,5,10,15-16H,2,4,6-9,11-13H2,1H3,(H,18,19);1H. The number of morpholine rings is 1. The van der Waals surface area contributed by atoms with Gasteiger partial charge in [-0.3, -0.25) is 4.99 Å². The van der Waals surface area contributed by atoms with Crippen LogP contribution in [0.1, 0.15) is 25.5 Å². The molecule has 136 valence electrons. The zero-order valence-corrected chi connectivity index (χ0v) is 16.6. The van der Waals surface area contributed by atoms with Crippen molar-refractivity contribution in [2.75, 3.05) is 39.4 Å². The first kappa shape index (κ1) is 19.5. The molecule has 0 amide bonds. The Bertz CT molecular complexity index is 489. The van der Waals surface area contributed by atoms with Crippen molar-refractivity contribution in [3.63, 3.8) is 0 Å². The van der Waals surface area contributed by atoms with Gasteiger partial charge in [0.15, 0.2) is 5.96 Å². The average molecular weight is 449 g/mol. The summed E-state index contributed by atoms with van der Waals surface area (Å²) in [4.78, 5) is 7.04. The quantitative estimate of drug-likeness (QED) is 0.425. The highest BCUT2D eigenvalue weighted by Gasteiger charge is 2.32. The highest BCUT2D eigenvalue weighted by atomic mass is 127.